The minimum atomic E-state index is -1.06. The van der Waals surface area contributed by atoms with Gasteiger partial charge in [-0.15, -0.1) is 0 Å². The van der Waals surface area contributed by atoms with Crippen molar-refractivity contribution in [3.63, 3.8) is 0 Å². The summed E-state index contributed by atoms with van der Waals surface area (Å²) in [5.41, 5.74) is -0.593. The van der Waals surface area contributed by atoms with Crippen molar-refractivity contribution in [2.24, 2.45) is 22.7 Å². The molecule has 0 amide bonds. The molecule has 7 atom stereocenters. The zero-order valence-corrected chi connectivity index (χ0v) is 16.2. The maximum Gasteiger partial charge on any atom is 0.178 e. The highest BCUT2D eigenvalue weighted by Crippen LogP contribution is 2.71. The summed E-state index contributed by atoms with van der Waals surface area (Å²) in [6.45, 7) is 6.04. The van der Waals surface area contributed by atoms with E-state index in [1.165, 1.54) is 0 Å². The molecule has 0 spiro atoms. The largest absolute Gasteiger partial charge is 0.390 e. The van der Waals surface area contributed by atoms with E-state index >= 15 is 4.39 Å². The Labute approximate surface area is 151 Å². The van der Waals surface area contributed by atoms with E-state index < -0.39 is 21.5 Å². The Morgan fingerprint density at radius 2 is 1.96 bits per heavy atom. The number of carbonyl (C=O) groups is 1. The molecule has 1 N–H and O–H groups in total. The Morgan fingerprint density at radius 1 is 1.25 bits per heavy atom. The average molecular weight is 397 g/mol. The van der Waals surface area contributed by atoms with Crippen molar-refractivity contribution >= 4 is 21.7 Å². The number of alkyl halides is 2. The molecule has 3 fully saturated rings. The highest BCUT2D eigenvalue weighted by molar-refractivity contribution is 9.10. The highest BCUT2D eigenvalue weighted by atomic mass is 79.9. The molecule has 4 aliphatic carbocycles. The molecule has 4 rings (SSSR count). The third-order valence-electron chi connectivity index (χ3n) is 8.16. The van der Waals surface area contributed by atoms with Gasteiger partial charge in [-0.25, -0.2) is 4.39 Å². The van der Waals surface area contributed by atoms with Crippen LogP contribution in [-0.2, 0) is 4.79 Å². The average Bonchev–Trinajstić information content (AvgIpc) is 2.72. The number of ketones is 1. The van der Waals surface area contributed by atoms with Gasteiger partial charge in [0, 0.05) is 10.8 Å². The van der Waals surface area contributed by atoms with Gasteiger partial charge in [-0.1, -0.05) is 41.4 Å². The first kappa shape index (κ1) is 17.0. The van der Waals surface area contributed by atoms with E-state index in [1.807, 2.05) is 13.0 Å². The molecule has 0 aromatic heterocycles. The molecule has 0 radical (unpaired) electrons. The zero-order valence-electron chi connectivity index (χ0n) is 14.6. The molecule has 4 aliphatic rings. The lowest BCUT2D eigenvalue weighted by Gasteiger charge is -2.63. The first-order valence-electron chi connectivity index (χ1n) is 9.06. The van der Waals surface area contributed by atoms with E-state index in [0.717, 1.165) is 31.3 Å². The molecule has 0 saturated heterocycles. The third kappa shape index (κ3) is 1.77. The number of carbonyl (C=O) groups excluding carboxylic acids is 1. The molecule has 24 heavy (non-hydrogen) atoms. The van der Waals surface area contributed by atoms with Crippen LogP contribution in [0.25, 0.3) is 0 Å². The number of allylic oxidation sites excluding steroid dienone is 4. The summed E-state index contributed by atoms with van der Waals surface area (Å²) in [6.07, 6.45) is 7.96. The van der Waals surface area contributed by atoms with Gasteiger partial charge >= 0.3 is 0 Å². The summed E-state index contributed by atoms with van der Waals surface area (Å²) >= 11 is 3.89. The lowest BCUT2D eigenvalue weighted by Crippen LogP contribution is -2.66. The fraction of sp³-hybridized carbons (Fsp3) is 0.750. The molecule has 0 bridgehead atoms. The van der Waals surface area contributed by atoms with Gasteiger partial charge in [-0.2, -0.15) is 0 Å². The molecule has 4 heteroatoms. The highest BCUT2D eigenvalue weighted by Gasteiger charge is 2.71. The first-order chi connectivity index (χ1) is 11.1. The van der Waals surface area contributed by atoms with Gasteiger partial charge in [0.25, 0.3) is 0 Å². The molecule has 2 nitrogen and oxygen atoms in total. The minimum Gasteiger partial charge on any atom is -0.390 e. The lowest BCUT2D eigenvalue weighted by molar-refractivity contribution is -0.127. The Morgan fingerprint density at radius 3 is 2.67 bits per heavy atom. The van der Waals surface area contributed by atoms with E-state index in [0.29, 0.717) is 12.3 Å². The van der Waals surface area contributed by atoms with Crippen molar-refractivity contribution in [2.75, 3.05) is 0 Å². The fourth-order valence-electron chi connectivity index (χ4n) is 6.37. The Balaban J connectivity index is 1.84. The van der Waals surface area contributed by atoms with E-state index in [4.69, 9.17) is 0 Å². The SMILES string of the molecule is C[C@]1(O)CC[C@H]2[C@@H]3CCC4=CC(=O)C=C[C@]4(C)[C@@]3(Br)[C@H](F)C[C@@]21C. The van der Waals surface area contributed by atoms with Gasteiger partial charge in [0.1, 0.15) is 6.17 Å². The number of rotatable bonds is 0. The van der Waals surface area contributed by atoms with Crippen molar-refractivity contribution < 1.29 is 14.3 Å². The normalized spacial score (nSPS) is 56.3. The quantitative estimate of drug-likeness (QED) is 0.611. The Hall–Kier alpha value is -0.480. The topological polar surface area (TPSA) is 37.3 Å². The van der Waals surface area contributed by atoms with E-state index in [9.17, 15) is 9.90 Å². The van der Waals surface area contributed by atoms with Crippen LogP contribution in [0.15, 0.2) is 23.8 Å². The predicted octanol–water partition coefficient (Wildman–Crippen LogP) is 4.51. The van der Waals surface area contributed by atoms with E-state index in [2.05, 4.69) is 29.8 Å². The van der Waals surface area contributed by atoms with Crippen LogP contribution in [-0.4, -0.2) is 27.0 Å². The van der Waals surface area contributed by atoms with Crippen LogP contribution in [0.3, 0.4) is 0 Å². The van der Waals surface area contributed by atoms with Crippen molar-refractivity contribution in [1.29, 1.82) is 0 Å². The molecule has 0 aliphatic heterocycles. The number of fused-ring (bicyclic) bond motifs is 5. The monoisotopic (exact) mass is 396 g/mol. The molecule has 0 aromatic rings. The van der Waals surface area contributed by atoms with Crippen LogP contribution < -0.4 is 0 Å². The lowest BCUT2D eigenvalue weighted by atomic mass is 9.46. The summed E-state index contributed by atoms with van der Waals surface area (Å²) in [5, 5.41) is 10.9. The van der Waals surface area contributed by atoms with Crippen molar-refractivity contribution in [3.8, 4) is 0 Å². The zero-order chi connectivity index (χ0) is 17.5. The molecule has 132 valence electrons. The van der Waals surface area contributed by atoms with Gasteiger partial charge in [0.15, 0.2) is 5.78 Å². The molecular formula is C20H26BrFO2. The van der Waals surface area contributed by atoms with Gasteiger partial charge in [0.2, 0.25) is 0 Å². The van der Waals surface area contributed by atoms with Gasteiger partial charge in [0.05, 0.1) is 9.93 Å². The smallest absolute Gasteiger partial charge is 0.178 e. The minimum absolute atomic E-state index is 0.0110. The van der Waals surface area contributed by atoms with Gasteiger partial charge in [-0.05, 0) is 63.0 Å². The van der Waals surface area contributed by atoms with Crippen LogP contribution in [0.4, 0.5) is 4.39 Å². The van der Waals surface area contributed by atoms with Crippen LogP contribution >= 0.6 is 15.9 Å². The van der Waals surface area contributed by atoms with E-state index in [1.54, 1.807) is 12.2 Å². The second-order valence-electron chi connectivity index (χ2n) is 9.03. The summed E-state index contributed by atoms with van der Waals surface area (Å²) in [7, 11) is 0. The third-order valence-corrected chi connectivity index (χ3v) is 10.1. The number of aliphatic hydroxyl groups is 1. The number of hydrogen-bond acceptors (Lipinski definition) is 2. The summed E-state index contributed by atoms with van der Waals surface area (Å²) in [5.74, 6) is 0.486. The molecular weight excluding hydrogens is 371 g/mol. The second-order valence-corrected chi connectivity index (χ2v) is 10.3. The molecule has 3 saturated carbocycles. The summed E-state index contributed by atoms with van der Waals surface area (Å²) in [4.78, 5) is 11.8. The molecule has 0 unspecified atom stereocenters. The van der Waals surface area contributed by atoms with Crippen molar-refractivity contribution in [3.05, 3.63) is 23.8 Å². The number of halogens is 2. The number of hydrogen-bond donors (Lipinski definition) is 1. The standard InChI is InChI=1S/C20H26BrFO2/c1-17-8-6-13(23)10-12(17)4-5-15-14-7-9-19(3,24)18(14,2)11-16(22)20(15,17)21/h6,8,10,14-16,24H,4-5,7,9,11H2,1-3H3/t14-,15-,16+,17-,18-,19-,20-/m0/s1. The maximum absolute atomic E-state index is 15.7. The van der Waals surface area contributed by atoms with Crippen LogP contribution in [0.5, 0.6) is 0 Å². The van der Waals surface area contributed by atoms with Crippen LogP contribution in [0.2, 0.25) is 0 Å². The fourth-order valence-corrected chi connectivity index (χ4v) is 7.46. The molecule has 0 aromatic carbocycles. The van der Waals surface area contributed by atoms with Crippen molar-refractivity contribution in [2.45, 2.75) is 69.0 Å². The molecule has 0 heterocycles. The van der Waals surface area contributed by atoms with Gasteiger partial charge < -0.3 is 5.11 Å². The maximum atomic E-state index is 15.7. The second kappa shape index (κ2) is 4.82. The van der Waals surface area contributed by atoms with Gasteiger partial charge in [-0.3, -0.25) is 4.79 Å². The predicted molar refractivity (Wildman–Crippen MR) is 95.7 cm³/mol. The van der Waals surface area contributed by atoms with E-state index in [-0.39, 0.29) is 17.1 Å². The summed E-state index contributed by atoms with van der Waals surface area (Å²) in [6, 6.07) is 0. The Kier molecular flexibility index (Phi) is 3.41. The van der Waals surface area contributed by atoms with Crippen LogP contribution in [0.1, 0.15) is 52.9 Å². The first-order valence-corrected chi connectivity index (χ1v) is 9.85. The van der Waals surface area contributed by atoms with Crippen molar-refractivity contribution in [1.82, 2.24) is 0 Å². The Bertz CT molecular complexity index is 669. The van der Waals surface area contributed by atoms with Crippen LogP contribution in [0, 0.1) is 22.7 Å². The summed E-state index contributed by atoms with van der Waals surface area (Å²) < 4.78 is 15.1.